The molecule has 0 aliphatic heterocycles. The summed E-state index contributed by atoms with van der Waals surface area (Å²) in [6.45, 7) is 26.5. The van der Waals surface area contributed by atoms with Gasteiger partial charge in [0.2, 0.25) is 0 Å². The molecule has 0 N–H and O–H groups in total. The first kappa shape index (κ1) is 35.3. The lowest BCUT2D eigenvalue weighted by Crippen LogP contribution is -1.50. The van der Waals surface area contributed by atoms with Gasteiger partial charge in [0.05, 0.1) is 0 Å². The first-order valence-electron chi connectivity index (χ1n) is 9.66. The average molecular weight is 361 g/mol. The average Bonchev–Trinajstić information content (AvgIpc) is 3.22. The molecular formula is C26H48. The van der Waals surface area contributed by atoms with Gasteiger partial charge in [-0.15, -0.1) is 13.2 Å². The minimum Gasteiger partial charge on any atom is -0.103 e. The molecule has 1 rings (SSSR count). The topological polar surface area (TPSA) is 0 Å². The summed E-state index contributed by atoms with van der Waals surface area (Å²) in [5.74, 6) is 0. The molecule has 0 fully saturated rings. The Morgan fingerprint density at radius 1 is 0.808 bits per heavy atom. The summed E-state index contributed by atoms with van der Waals surface area (Å²) in [4.78, 5) is 0. The highest BCUT2D eigenvalue weighted by atomic mass is 13.9. The second kappa shape index (κ2) is 49.5. The van der Waals surface area contributed by atoms with Crippen molar-refractivity contribution in [3.8, 4) is 0 Å². The quantitative estimate of drug-likeness (QED) is 0.339. The molecule has 0 aromatic rings. The van der Waals surface area contributed by atoms with Crippen molar-refractivity contribution in [3.05, 3.63) is 86.1 Å². The Hall–Kier alpha value is -1.82. The van der Waals surface area contributed by atoms with Gasteiger partial charge in [-0.25, -0.2) is 0 Å². The highest BCUT2D eigenvalue weighted by molar-refractivity contribution is 4.94. The van der Waals surface area contributed by atoms with Gasteiger partial charge < -0.3 is 0 Å². The van der Waals surface area contributed by atoms with Crippen molar-refractivity contribution in [2.75, 3.05) is 0 Å². The Kier molecular flexibility index (Phi) is 67.2. The normalized spacial score (nSPS) is 10.6. The molecule has 0 heteroatoms. The van der Waals surface area contributed by atoms with Gasteiger partial charge in [-0.3, -0.25) is 0 Å². The molecule has 0 nitrogen and oxygen atoms in total. The fourth-order valence-electron chi connectivity index (χ4n) is 0.725. The van der Waals surface area contributed by atoms with Gasteiger partial charge in [0.1, 0.15) is 0 Å². The second-order valence-electron chi connectivity index (χ2n) is 5.40. The van der Waals surface area contributed by atoms with Crippen LogP contribution < -0.4 is 0 Å². The Labute approximate surface area is 167 Å². The van der Waals surface area contributed by atoms with Crippen LogP contribution >= 0.6 is 0 Å². The van der Waals surface area contributed by atoms with Gasteiger partial charge in [-0.05, 0) is 74.1 Å². The lowest BCUT2D eigenvalue weighted by Gasteiger charge is -1.69. The predicted octanol–water partition coefficient (Wildman–Crippen LogP) is 9.80. The Morgan fingerprint density at radius 3 is 1.15 bits per heavy atom. The van der Waals surface area contributed by atoms with E-state index in [1.807, 2.05) is 91.0 Å². The number of allylic oxidation sites excluding steroid dienone is 11. The Morgan fingerprint density at radius 2 is 1.12 bits per heavy atom. The van der Waals surface area contributed by atoms with Crippen molar-refractivity contribution in [2.45, 2.75) is 81.1 Å². The van der Waals surface area contributed by atoms with E-state index < -0.39 is 0 Å². The maximum atomic E-state index is 3.56. The maximum absolute atomic E-state index is 3.56. The summed E-state index contributed by atoms with van der Waals surface area (Å²) in [5, 5.41) is 0. The van der Waals surface area contributed by atoms with Crippen LogP contribution in [0.3, 0.4) is 0 Å². The summed E-state index contributed by atoms with van der Waals surface area (Å²) < 4.78 is 0. The van der Waals surface area contributed by atoms with Crippen molar-refractivity contribution >= 4 is 0 Å². The van der Waals surface area contributed by atoms with Crippen molar-refractivity contribution < 1.29 is 0 Å². The first-order valence-corrected chi connectivity index (χ1v) is 9.66. The monoisotopic (exact) mass is 360 g/mol. The second-order valence-corrected chi connectivity index (χ2v) is 5.40. The summed E-state index contributed by atoms with van der Waals surface area (Å²) in [6, 6.07) is 0. The van der Waals surface area contributed by atoms with Crippen molar-refractivity contribution in [1.82, 2.24) is 0 Å². The van der Waals surface area contributed by atoms with Gasteiger partial charge in [0.25, 0.3) is 0 Å². The largest absolute Gasteiger partial charge is 0.103 e. The fourth-order valence-corrected chi connectivity index (χ4v) is 0.725. The van der Waals surface area contributed by atoms with Crippen LogP contribution in [0.2, 0.25) is 0 Å². The van der Waals surface area contributed by atoms with Crippen molar-refractivity contribution in [2.24, 2.45) is 0 Å². The van der Waals surface area contributed by atoms with E-state index in [-0.39, 0.29) is 0 Å². The molecule has 1 aliphatic carbocycles. The molecular weight excluding hydrogens is 312 g/mol. The summed E-state index contributed by atoms with van der Waals surface area (Å²) >= 11 is 0. The molecule has 0 radical (unpaired) electrons. The maximum Gasteiger partial charge on any atom is -0.0348 e. The van der Waals surface area contributed by atoms with Gasteiger partial charge in [0.15, 0.2) is 0 Å². The molecule has 0 spiro atoms. The molecule has 0 saturated carbocycles. The molecule has 0 unspecified atom stereocenters. The number of hydrogen-bond donors (Lipinski definition) is 0. The van der Waals surface area contributed by atoms with Crippen LogP contribution in [0.15, 0.2) is 86.1 Å². The molecule has 1 aliphatic rings. The van der Waals surface area contributed by atoms with Gasteiger partial charge >= 0.3 is 0 Å². The number of rotatable bonds is 2. The Balaban J connectivity index is -0.0000000682. The molecule has 0 heterocycles. The van der Waals surface area contributed by atoms with E-state index in [0.29, 0.717) is 0 Å². The van der Waals surface area contributed by atoms with Crippen LogP contribution in [0.1, 0.15) is 81.1 Å². The zero-order valence-corrected chi connectivity index (χ0v) is 19.2. The number of hydrogen-bond acceptors (Lipinski definition) is 0. The van der Waals surface area contributed by atoms with Gasteiger partial charge in [0, 0.05) is 0 Å². The predicted molar refractivity (Wildman–Crippen MR) is 130 cm³/mol. The minimum atomic E-state index is 1.08. The molecule has 0 saturated heterocycles. The molecule has 0 bridgehead atoms. The highest BCUT2D eigenvalue weighted by Crippen LogP contribution is 2.05. The van der Waals surface area contributed by atoms with Crippen molar-refractivity contribution in [3.63, 3.8) is 0 Å². The SMILES string of the molecule is C/C=C/C.C/C=C\C.C1=CCCC1.C=C(C)C.C=CC=CC.C=CCC. The third-order valence-corrected chi connectivity index (χ3v) is 2.19. The van der Waals surface area contributed by atoms with E-state index in [4.69, 9.17) is 0 Å². The molecule has 152 valence electrons. The lowest BCUT2D eigenvalue weighted by molar-refractivity contribution is 0.929. The summed E-state index contributed by atoms with van der Waals surface area (Å²) in [7, 11) is 0. The van der Waals surface area contributed by atoms with Crippen LogP contribution in [0.25, 0.3) is 0 Å². The third-order valence-electron chi connectivity index (χ3n) is 2.19. The minimum absolute atomic E-state index is 1.08. The third kappa shape index (κ3) is 149. The molecule has 0 aromatic carbocycles. The first-order chi connectivity index (χ1) is 12.4. The van der Waals surface area contributed by atoms with Crippen LogP contribution in [-0.4, -0.2) is 0 Å². The summed E-state index contributed by atoms with van der Waals surface area (Å²) in [6.07, 6.45) is 25.0. The van der Waals surface area contributed by atoms with Gasteiger partial charge in [-0.2, -0.15) is 0 Å². The van der Waals surface area contributed by atoms with Crippen molar-refractivity contribution in [1.29, 1.82) is 0 Å². The van der Waals surface area contributed by atoms with Crippen LogP contribution in [-0.2, 0) is 0 Å². The standard InChI is InChI=1S/2C5H8.4C4H8/c1-2-4-5-3-1;1-3-5-4-2;1-4(2)3;3*1-3-4-2/h1-2H,3-5H2;3-5H,1H2,2H3;1H2,2-3H3;2*3-4H,1-2H3;3H,1,4H2,2H3/b;;;4-3+;4-3-;. The van der Waals surface area contributed by atoms with E-state index >= 15 is 0 Å². The van der Waals surface area contributed by atoms with Crippen LogP contribution in [0.4, 0.5) is 0 Å². The fraction of sp³-hybridized carbons (Fsp3) is 0.462. The zero-order chi connectivity index (χ0) is 21.5. The molecule has 0 atom stereocenters. The van der Waals surface area contributed by atoms with Crippen LogP contribution in [0.5, 0.6) is 0 Å². The van der Waals surface area contributed by atoms with Gasteiger partial charge in [-0.1, -0.05) is 79.8 Å². The van der Waals surface area contributed by atoms with E-state index in [1.54, 1.807) is 6.08 Å². The molecule has 26 heavy (non-hydrogen) atoms. The zero-order valence-electron chi connectivity index (χ0n) is 19.2. The molecule has 0 aromatic heterocycles. The summed E-state index contributed by atoms with van der Waals surface area (Å²) in [5.41, 5.74) is 1.17. The van der Waals surface area contributed by atoms with E-state index in [2.05, 4.69) is 38.8 Å². The van der Waals surface area contributed by atoms with E-state index in [1.165, 1.54) is 24.8 Å². The highest BCUT2D eigenvalue weighted by Gasteiger charge is 1.84. The Bertz CT molecular complexity index is 320. The molecule has 0 amide bonds. The van der Waals surface area contributed by atoms with E-state index in [0.717, 1.165) is 6.42 Å². The smallest absolute Gasteiger partial charge is 0.0348 e. The van der Waals surface area contributed by atoms with Crippen LogP contribution in [0, 0.1) is 0 Å². The lowest BCUT2D eigenvalue weighted by atomic mass is 10.4. The van der Waals surface area contributed by atoms with E-state index in [9.17, 15) is 0 Å².